The predicted molar refractivity (Wildman–Crippen MR) is 82.3 cm³/mol. The lowest BCUT2D eigenvalue weighted by Crippen LogP contribution is -2.54. The van der Waals surface area contributed by atoms with E-state index in [-0.39, 0.29) is 31.2 Å². The van der Waals surface area contributed by atoms with E-state index in [0.29, 0.717) is 13.0 Å². The lowest BCUT2D eigenvalue weighted by molar-refractivity contribution is -0.138. The van der Waals surface area contributed by atoms with Gasteiger partial charge in [-0.1, -0.05) is 13.3 Å². The molecule has 8 heteroatoms. The van der Waals surface area contributed by atoms with Crippen molar-refractivity contribution in [3.8, 4) is 0 Å². The van der Waals surface area contributed by atoms with Crippen molar-refractivity contribution in [1.82, 2.24) is 20.0 Å². The predicted octanol–water partition coefficient (Wildman–Crippen LogP) is 1.87. The van der Waals surface area contributed by atoms with Crippen molar-refractivity contribution in [3.05, 3.63) is 18.0 Å². The number of hydrogen-bond acceptors (Lipinski definition) is 3. The maximum Gasteiger partial charge on any atom is 0.252 e. The molecule has 0 aromatic carbocycles. The minimum atomic E-state index is -2.68. The van der Waals surface area contributed by atoms with Gasteiger partial charge in [-0.2, -0.15) is 5.10 Å². The Kier molecular flexibility index (Phi) is 4.56. The second-order valence-electron chi connectivity index (χ2n) is 6.63. The van der Waals surface area contributed by atoms with Crippen molar-refractivity contribution in [2.45, 2.75) is 63.6 Å². The van der Waals surface area contributed by atoms with Crippen LogP contribution in [0.15, 0.2) is 12.3 Å². The zero-order chi connectivity index (χ0) is 17.3. The van der Waals surface area contributed by atoms with Crippen LogP contribution in [-0.2, 0) is 16.1 Å². The molecular formula is C16H22F2N4O2. The van der Waals surface area contributed by atoms with E-state index in [1.165, 1.54) is 0 Å². The second-order valence-corrected chi connectivity index (χ2v) is 6.63. The Hall–Kier alpha value is -1.99. The van der Waals surface area contributed by atoms with Gasteiger partial charge in [0.15, 0.2) is 0 Å². The van der Waals surface area contributed by atoms with Gasteiger partial charge >= 0.3 is 0 Å². The van der Waals surface area contributed by atoms with Crippen molar-refractivity contribution >= 4 is 11.8 Å². The number of carbonyl (C=O) groups is 2. The first kappa shape index (κ1) is 16.9. The molecule has 0 spiro atoms. The number of fused-ring (bicyclic) bond motifs is 1. The molecule has 0 radical (unpaired) electrons. The Morgan fingerprint density at radius 2 is 2.17 bits per heavy atom. The van der Waals surface area contributed by atoms with E-state index < -0.39 is 18.0 Å². The molecule has 1 aliphatic heterocycles. The number of alkyl halides is 2. The number of hydrogen-bond donors (Lipinski definition) is 1. The van der Waals surface area contributed by atoms with Crippen LogP contribution >= 0.6 is 0 Å². The highest BCUT2D eigenvalue weighted by atomic mass is 19.3. The van der Waals surface area contributed by atoms with Crippen LogP contribution in [0.5, 0.6) is 0 Å². The van der Waals surface area contributed by atoms with Gasteiger partial charge in [-0.15, -0.1) is 0 Å². The average Bonchev–Trinajstić information content (AvgIpc) is 2.98. The van der Waals surface area contributed by atoms with E-state index in [1.807, 2.05) is 6.92 Å². The molecule has 1 aromatic heterocycles. The van der Waals surface area contributed by atoms with Gasteiger partial charge in [0.05, 0.1) is 18.8 Å². The summed E-state index contributed by atoms with van der Waals surface area (Å²) in [6.07, 6.45) is 3.13. The van der Waals surface area contributed by atoms with Gasteiger partial charge in [0.2, 0.25) is 11.8 Å². The third-order valence-corrected chi connectivity index (χ3v) is 4.63. The van der Waals surface area contributed by atoms with Crippen LogP contribution in [0.2, 0.25) is 0 Å². The van der Waals surface area contributed by atoms with Gasteiger partial charge in [0, 0.05) is 31.5 Å². The molecular weight excluding hydrogens is 318 g/mol. The van der Waals surface area contributed by atoms with E-state index in [4.69, 9.17) is 0 Å². The van der Waals surface area contributed by atoms with Crippen LogP contribution in [0.4, 0.5) is 8.78 Å². The molecule has 1 fully saturated rings. The zero-order valence-electron chi connectivity index (χ0n) is 13.7. The summed E-state index contributed by atoms with van der Waals surface area (Å²) in [5, 5.41) is 6.82. The first-order valence-electron chi connectivity index (χ1n) is 8.38. The third-order valence-electron chi connectivity index (χ3n) is 4.63. The molecule has 2 heterocycles. The second kappa shape index (κ2) is 6.49. The number of nitrogens with zero attached hydrogens (tertiary/aromatic N) is 3. The summed E-state index contributed by atoms with van der Waals surface area (Å²) >= 11 is 0. The van der Waals surface area contributed by atoms with Gasteiger partial charge < -0.3 is 10.2 Å². The van der Waals surface area contributed by atoms with Gasteiger partial charge in [-0.05, 0) is 12.5 Å². The van der Waals surface area contributed by atoms with Crippen LogP contribution < -0.4 is 5.32 Å². The average molecular weight is 340 g/mol. The largest absolute Gasteiger partial charge is 0.351 e. The summed E-state index contributed by atoms with van der Waals surface area (Å²) in [7, 11) is 0. The summed E-state index contributed by atoms with van der Waals surface area (Å²) in [6, 6.07) is 0.609. The number of nitrogens with one attached hydrogen (secondary N) is 1. The van der Waals surface area contributed by atoms with Gasteiger partial charge in [-0.3, -0.25) is 14.3 Å². The Bertz CT molecular complexity index is 623. The molecule has 1 aromatic rings. The zero-order valence-corrected chi connectivity index (χ0v) is 13.7. The smallest absolute Gasteiger partial charge is 0.252 e. The van der Waals surface area contributed by atoms with Crippen molar-refractivity contribution in [2.75, 3.05) is 6.54 Å². The number of amides is 2. The highest BCUT2D eigenvalue weighted by molar-refractivity contribution is 5.83. The maximum absolute atomic E-state index is 12.9. The molecule has 1 atom stereocenters. The van der Waals surface area contributed by atoms with Crippen LogP contribution in [0.1, 0.15) is 50.8 Å². The molecule has 132 valence electrons. The normalized spacial score (nSPS) is 22.6. The highest BCUT2D eigenvalue weighted by Gasteiger charge is 2.47. The van der Waals surface area contributed by atoms with Crippen LogP contribution in [0.25, 0.3) is 0 Å². The summed E-state index contributed by atoms with van der Waals surface area (Å²) in [4.78, 5) is 26.5. The Labute approximate surface area is 139 Å². The fraction of sp³-hybridized carbons (Fsp3) is 0.688. The summed E-state index contributed by atoms with van der Waals surface area (Å²) in [5.41, 5.74) is 0.783. The third kappa shape index (κ3) is 3.42. The van der Waals surface area contributed by atoms with Gasteiger partial charge in [-0.25, -0.2) is 8.78 Å². The Morgan fingerprint density at radius 1 is 1.42 bits per heavy atom. The lowest BCUT2D eigenvalue weighted by Gasteiger charge is -2.38. The van der Waals surface area contributed by atoms with E-state index in [9.17, 15) is 18.4 Å². The molecule has 24 heavy (non-hydrogen) atoms. The summed E-state index contributed by atoms with van der Waals surface area (Å²) < 4.78 is 27.5. The van der Waals surface area contributed by atoms with E-state index >= 15 is 0 Å². The van der Waals surface area contributed by atoms with Crippen molar-refractivity contribution < 1.29 is 18.4 Å². The van der Waals surface area contributed by atoms with Gasteiger partial charge in [0.25, 0.3) is 5.92 Å². The Balaban J connectivity index is 1.67. The maximum atomic E-state index is 12.9. The SMILES string of the molecule is CCCCC(=O)N1Cc2ccnn2C(C(=O)NC2CC(F)(F)C2)C1. The molecule has 6 nitrogen and oxygen atoms in total. The number of carbonyl (C=O) groups excluding carboxylic acids is 2. The summed E-state index contributed by atoms with van der Waals surface area (Å²) in [6.45, 7) is 2.67. The minimum absolute atomic E-state index is 0.0114. The van der Waals surface area contributed by atoms with Crippen LogP contribution in [0.3, 0.4) is 0 Å². The molecule has 1 unspecified atom stereocenters. The first-order chi connectivity index (χ1) is 11.4. The standard InChI is InChI=1S/C16H22F2N4O2/c1-2-3-4-14(23)21-9-12-5-6-19-22(12)13(10-21)15(24)20-11-7-16(17,18)8-11/h5-6,11,13H,2-4,7-10H2,1H3,(H,20,24). The summed E-state index contributed by atoms with van der Waals surface area (Å²) in [5.74, 6) is -3.02. The van der Waals surface area contributed by atoms with Gasteiger partial charge in [0.1, 0.15) is 6.04 Å². The molecule has 1 aliphatic carbocycles. The fourth-order valence-corrected chi connectivity index (χ4v) is 3.22. The van der Waals surface area contributed by atoms with Crippen molar-refractivity contribution in [1.29, 1.82) is 0 Å². The topological polar surface area (TPSA) is 67.2 Å². The molecule has 3 rings (SSSR count). The van der Waals surface area contributed by atoms with Crippen LogP contribution in [0, 0.1) is 0 Å². The number of halogens is 2. The molecule has 2 amide bonds. The van der Waals surface area contributed by atoms with Crippen LogP contribution in [-0.4, -0.2) is 45.0 Å². The monoisotopic (exact) mass is 340 g/mol. The van der Waals surface area contributed by atoms with Crippen molar-refractivity contribution in [2.24, 2.45) is 0 Å². The number of aromatic nitrogens is 2. The molecule has 1 N–H and O–H groups in total. The quantitative estimate of drug-likeness (QED) is 0.890. The molecule has 1 saturated carbocycles. The molecule has 2 aliphatic rings. The van der Waals surface area contributed by atoms with Crippen molar-refractivity contribution in [3.63, 3.8) is 0 Å². The number of unbranched alkanes of at least 4 members (excludes halogenated alkanes) is 1. The van der Waals surface area contributed by atoms with E-state index in [2.05, 4.69) is 10.4 Å². The Morgan fingerprint density at radius 3 is 2.83 bits per heavy atom. The minimum Gasteiger partial charge on any atom is -0.351 e. The fourth-order valence-electron chi connectivity index (χ4n) is 3.22. The first-order valence-corrected chi connectivity index (χ1v) is 8.38. The van der Waals surface area contributed by atoms with E-state index in [1.54, 1.807) is 21.8 Å². The number of rotatable bonds is 5. The lowest BCUT2D eigenvalue weighted by atomic mass is 9.88. The molecule has 0 bridgehead atoms. The molecule has 0 saturated heterocycles. The highest BCUT2D eigenvalue weighted by Crippen LogP contribution is 2.37. The van der Waals surface area contributed by atoms with E-state index in [0.717, 1.165) is 18.5 Å².